The molecule has 1 saturated heterocycles. The minimum Gasteiger partial charge on any atom is -0.366 e. The van der Waals surface area contributed by atoms with Gasteiger partial charge in [-0.25, -0.2) is 9.29 Å². The summed E-state index contributed by atoms with van der Waals surface area (Å²) >= 11 is 0. The molecule has 0 atom stereocenters. The number of halogens is 1. The number of rotatable bonds is 5. The van der Waals surface area contributed by atoms with E-state index in [2.05, 4.69) is 29.2 Å². The van der Waals surface area contributed by atoms with Gasteiger partial charge in [0.05, 0.1) is 11.3 Å². The van der Waals surface area contributed by atoms with Crippen molar-refractivity contribution < 1.29 is 14.0 Å². The fourth-order valence-electron chi connectivity index (χ4n) is 4.92. The van der Waals surface area contributed by atoms with Gasteiger partial charge in [-0.1, -0.05) is 60.2 Å². The second-order valence-electron chi connectivity index (χ2n) is 9.13. The molecule has 34 heavy (non-hydrogen) atoms. The van der Waals surface area contributed by atoms with Gasteiger partial charge in [0, 0.05) is 13.1 Å². The highest BCUT2D eigenvalue weighted by Gasteiger charge is 2.43. The Morgan fingerprint density at radius 3 is 2.12 bits per heavy atom. The van der Waals surface area contributed by atoms with Crippen LogP contribution in [0, 0.1) is 18.7 Å². The maximum Gasteiger partial charge on any atom is 0.282 e. The topological polar surface area (TPSA) is 40.6 Å². The van der Waals surface area contributed by atoms with E-state index in [9.17, 15) is 14.0 Å². The van der Waals surface area contributed by atoms with Crippen molar-refractivity contribution in [1.82, 2.24) is 4.90 Å². The standard InChI is InChI=1S/C29H27FN2O2/c1-20-7-13-25(14-8-20)32-28(33)26(23-9-11-24(30)12-10-23)27(29(32)34)31-17-15-22(16-18-31)19-21-5-3-2-4-6-21/h2-14,22H,15-19H2,1H3. The summed E-state index contributed by atoms with van der Waals surface area (Å²) < 4.78 is 13.6. The van der Waals surface area contributed by atoms with Crippen LogP contribution in [0.15, 0.2) is 84.6 Å². The molecule has 0 aromatic heterocycles. The Kier molecular flexibility index (Phi) is 6.01. The molecule has 0 bridgehead atoms. The lowest BCUT2D eigenvalue weighted by atomic mass is 9.89. The van der Waals surface area contributed by atoms with Crippen LogP contribution >= 0.6 is 0 Å². The van der Waals surface area contributed by atoms with Crippen LogP contribution in [0.4, 0.5) is 10.1 Å². The molecule has 0 spiro atoms. The quantitative estimate of drug-likeness (QED) is 0.487. The number of hydrogen-bond donors (Lipinski definition) is 0. The van der Waals surface area contributed by atoms with Crippen molar-refractivity contribution in [2.45, 2.75) is 26.2 Å². The normalized spacial score (nSPS) is 17.1. The van der Waals surface area contributed by atoms with Gasteiger partial charge in [-0.3, -0.25) is 9.59 Å². The highest BCUT2D eigenvalue weighted by Crippen LogP contribution is 2.37. The molecule has 0 N–H and O–H groups in total. The van der Waals surface area contributed by atoms with Crippen molar-refractivity contribution in [3.63, 3.8) is 0 Å². The molecule has 2 aliphatic heterocycles. The summed E-state index contributed by atoms with van der Waals surface area (Å²) in [5.41, 5.74) is 4.27. The summed E-state index contributed by atoms with van der Waals surface area (Å²) in [4.78, 5) is 30.5. The summed E-state index contributed by atoms with van der Waals surface area (Å²) in [6.07, 6.45) is 2.91. The fourth-order valence-corrected chi connectivity index (χ4v) is 4.92. The summed E-state index contributed by atoms with van der Waals surface area (Å²) in [7, 11) is 0. The van der Waals surface area contributed by atoms with Crippen molar-refractivity contribution in [2.24, 2.45) is 5.92 Å². The van der Waals surface area contributed by atoms with E-state index in [1.54, 1.807) is 24.3 Å². The first-order chi connectivity index (χ1) is 16.5. The van der Waals surface area contributed by atoms with Crippen LogP contribution in [-0.4, -0.2) is 29.8 Å². The van der Waals surface area contributed by atoms with Gasteiger partial charge < -0.3 is 4.90 Å². The van der Waals surface area contributed by atoms with E-state index in [-0.39, 0.29) is 17.6 Å². The first-order valence-electron chi connectivity index (χ1n) is 11.8. The summed E-state index contributed by atoms with van der Waals surface area (Å²) in [6, 6.07) is 23.6. The van der Waals surface area contributed by atoms with E-state index >= 15 is 0 Å². The van der Waals surface area contributed by atoms with Crippen LogP contribution < -0.4 is 4.90 Å². The predicted octanol–water partition coefficient (Wildman–Crippen LogP) is 5.37. The van der Waals surface area contributed by atoms with Gasteiger partial charge in [-0.2, -0.15) is 0 Å². The molecule has 0 unspecified atom stereocenters. The largest absolute Gasteiger partial charge is 0.366 e. The van der Waals surface area contributed by atoms with Gasteiger partial charge in [-0.15, -0.1) is 0 Å². The van der Waals surface area contributed by atoms with E-state index in [0.29, 0.717) is 41.5 Å². The number of carbonyl (C=O) groups excluding carboxylic acids is 2. The lowest BCUT2D eigenvalue weighted by Crippen LogP contribution is -2.39. The average molecular weight is 455 g/mol. The zero-order valence-electron chi connectivity index (χ0n) is 19.2. The van der Waals surface area contributed by atoms with Gasteiger partial charge in [0.15, 0.2) is 0 Å². The molecule has 0 aliphatic carbocycles. The Bertz CT molecular complexity index is 1230. The summed E-state index contributed by atoms with van der Waals surface area (Å²) in [6.45, 7) is 3.38. The third kappa shape index (κ3) is 4.26. The van der Waals surface area contributed by atoms with Crippen LogP contribution in [0.3, 0.4) is 0 Å². The summed E-state index contributed by atoms with van der Waals surface area (Å²) in [5, 5.41) is 0. The fraction of sp³-hybridized carbons (Fsp3) is 0.241. The van der Waals surface area contributed by atoms with E-state index in [4.69, 9.17) is 0 Å². The number of benzene rings is 3. The molecular weight excluding hydrogens is 427 g/mol. The maximum absolute atomic E-state index is 13.7. The SMILES string of the molecule is Cc1ccc(N2C(=O)C(c3ccc(F)cc3)=C(N3CCC(Cc4ccccc4)CC3)C2=O)cc1. The van der Waals surface area contributed by atoms with E-state index < -0.39 is 0 Å². The number of aryl methyl sites for hydroxylation is 1. The van der Waals surface area contributed by atoms with Crippen molar-refractivity contribution in [3.05, 3.63) is 107 Å². The number of anilines is 1. The zero-order valence-corrected chi connectivity index (χ0v) is 19.2. The second kappa shape index (κ2) is 9.26. The molecule has 5 heteroatoms. The number of imide groups is 1. The van der Waals surface area contributed by atoms with Crippen LogP contribution in [0.25, 0.3) is 5.57 Å². The van der Waals surface area contributed by atoms with E-state index in [0.717, 1.165) is 24.8 Å². The van der Waals surface area contributed by atoms with Gasteiger partial charge in [-0.05, 0) is 67.5 Å². The monoisotopic (exact) mass is 454 g/mol. The Balaban J connectivity index is 1.44. The van der Waals surface area contributed by atoms with Gasteiger partial charge in [0.1, 0.15) is 11.5 Å². The highest BCUT2D eigenvalue weighted by atomic mass is 19.1. The lowest BCUT2D eigenvalue weighted by Gasteiger charge is -2.34. The van der Waals surface area contributed by atoms with Crippen LogP contribution in [0.2, 0.25) is 0 Å². The van der Waals surface area contributed by atoms with Gasteiger partial charge in [0.2, 0.25) is 0 Å². The number of carbonyl (C=O) groups is 2. The number of hydrogen-bond acceptors (Lipinski definition) is 3. The Morgan fingerprint density at radius 1 is 0.824 bits per heavy atom. The lowest BCUT2D eigenvalue weighted by molar-refractivity contribution is -0.120. The van der Waals surface area contributed by atoms with Crippen molar-refractivity contribution in [2.75, 3.05) is 18.0 Å². The van der Waals surface area contributed by atoms with Gasteiger partial charge >= 0.3 is 0 Å². The molecule has 2 aliphatic rings. The number of likely N-dealkylation sites (tertiary alicyclic amines) is 1. The minimum atomic E-state index is -0.375. The number of piperidine rings is 1. The first-order valence-corrected chi connectivity index (χ1v) is 11.8. The highest BCUT2D eigenvalue weighted by molar-refractivity contribution is 6.45. The molecule has 0 radical (unpaired) electrons. The van der Waals surface area contributed by atoms with Gasteiger partial charge in [0.25, 0.3) is 11.8 Å². The third-order valence-corrected chi connectivity index (χ3v) is 6.78. The van der Waals surface area contributed by atoms with Crippen molar-refractivity contribution in [3.8, 4) is 0 Å². The van der Waals surface area contributed by atoms with Crippen molar-refractivity contribution >= 4 is 23.1 Å². The van der Waals surface area contributed by atoms with E-state index in [1.807, 2.05) is 25.1 Å². The van der Waals surface area contributed by atoms with Crippen LogP contribution in [0.1, 0.15) is 29.5 Å². The molecule has 1 fully saturated rings. The predicted molar refractivity (Wildman–Crippen MR) is 131 cm³/mol. The zero-order chi connectivity index (χ0) is 23.7. The molecule has 0 saturated carbocycles. The molecule has 3 aromatic rings. The Morgan fingerprint density at radius 2 is 1.47 bits per heavy atom. The molecule has 2 amide bonds. The number of nitrogens with zero attached hydrogens (tertiary/aromatic N) is 2. The smallest absolute Gasteiger partial charge is 0.282 e. The molecule has 4 nitrogen and oxygen atoms in total. The summed E-state index contributed by atoms with van der Waals surface area (Å²) in [5.74, 6) is -0.509. The Labute approximate surface area is 199 Å². The molecular formula is C29H27FN2O2. The third-order valence-electron chi connectivity index (χ3n) is 6.78. The molecule has 5 rings (SSSR count). The molecule has 2 heterocycles. The number of amides is 2. The molecule has 3 aromatic carbocycles. The maximum atomic E-state index is 13.7. The van der Waals surface area contributed by atoms with E-state index in [1.165, 1.54) is 22.6 Å². The van der Waals surface area contributed by atoms with Crippen LogP contribution in [-0.2, 0) is 16.0 Å². The second-order valence-corrected chi connectivity index (χ2v) is 9.13. The van der Waals surface area contributed by atoms with Crippen LogP contribution in [0.5, 0.6) is 0 Å². The first kappa shape index (κ1) is 22.1. The Hall–Kier alpha value is -3.73. The van der Waals surface area contributed by atoms with Crippen molar-refractivity contribution in [1.29, 1.82) is 0 Å². The molecule has 172 valence electrons. The average Bonchev–Trinajstić information content (AvgIpc) is 3.11. The minimum absolute atomic E-state index is 0.310.